The first kappa shape index (κ1) is 20.6. The van der Waals surface area contributed by atoms with Gasteiger partial charge in [-0.05, 0) is 51.2 Å². The number of aromatic nitrogens is 4. The number of imidazole rings is 1. The molecule has 3 heterocycles. The Balaban J connectivity index is 1.62. The van der Waals surface area contributed by atoms with Crippen LogP contribution in [0.15, 0.2) is 30.9 Å². The van der Waals surface area contributed by atoms with Gasteiger partial charge in [-0.25, -0.2) is 4.98 Å². The van der Waals surface area contributed by atoms with Gasteiger partial charge < -0.3 is 19.0 Å². The fraction of sp³-hybridized carbons (Fsp3) is 0.500. The first-order chi connectivity index (χ1) is 14.2. The maximum absolute atomic E-state index is 12.5. The quantitative estimate of drug-likeness (QED) is 0.474. The summed E-state index contributed by atoms with van der Waals surface area (Å²) in [6, 6.07) is 2.09. The van der Waals surface area contributed by atoms with Crippen LogP contribution in [0.2, 0.25) is 0 Å². The van der Waals surface area contributed by atoms with Crippen molar-refractivity contribution >= 4 is 11.6 Å². The molecule has 30 heavy (non-hydrogen) atoms. The number of nitrogens with zero attached hydrogens (tertiary/aromatic N) is 4. The third-order valence-corrected chi connectivity index (χ3v) is 4.99. The molecule has 3 aromatic heterocycles. The lowest BCUT2D eigenvalue weighted by atomic mass is 10.1. The molecule has 0 aliphatic heterocycles. The number of fused-ring (bicyclic) bond motifs is 1. The smallest absolute Gasteiger partial charge is 0.310 e. The molecule has 0 aromatic carbocycles. The van der Waals surface area contributed by atoms with Crippen LogP contribution < -0.4 is 0 Å². The predicted molar refractivity (Wildman–Crippen MR) is 110 cm³/mol. The average Bonchev–Trinajstić information content (AvgIpc) is 3.27. The van der Waals surface area contributed by atoms with Crippen LogP contribution in [0.25, 0.3) is 5.65 Å². The molecule has 160 valence electrons. The SMILES string of the molecule is COC(O)c1cnn(Cc2cn3cc(C4CC4)cc(CC(=O)OC(C)(C)C)c3n2)c1. The summed E-state index contributed by atoms with van der Waals surface area (Å²) in [4.78, 5) is 17.2. The monoisotopic (exact) mass is 412 g/mol. The first-order valence-corrected chi connectivity index (χ1v) is 10.2. The molecule has 1 fully saturated rings. The van der Waals surface area contributed by atoms with Crippen LogP contribution >= 0.6 is 0 Å². The van der Waals surface area contributed by atoms with Gasteiger partial charge in [-0.2, -0.15) is 5.10 Å². The predicted octanol–water partition coefficient (Wildman–Crippen LogP) is 2.98. The second-order valence-electron chi connectivity index (χ2n) is 8.86. The zero-order chi connectivity index (χ0) is 21.5. The third kappa shape index (κ3) is 4.71. The van der Waals surface area contributed by atoms with Crippen LogP contribution in [0.4, 0.5) is 0 Å². The van der Waals surface area contributed by atoms with Gasteiger partial charge in [-0.1, -0.05) is 0 Å². The molecule has 8 heteroatoms. The number of aliphatic hydroxyl groups is 1. The molecule has 1 N–H and O–H groups in total. The van der Waals surface area contributed by atoms with E-state index in [1.807, 2.05) is 31.4 Å². The second kappa shape index (κ2) is 7.85. The van der Waals surface area contributed by atoms with E-state index >= 15 is 0 Å². The van der Waals surface area contributed by atoms with E-state index in [2.05, 4.69) is 17.4 Å². The summed E-state index contributed by atoms with van der Waals surface area (Å²) in [5.41, 5.74) is 3.74. The Bertz CT molecular complexity index is 1060. The van der Waals surface area contributed by atoms with E-state index in [0.29, 0.717) is 18.0 Å². The molecule has 1 aliphatic carbocycles. The number of aliphatic hydroxyl groups excluding tert-OH is 1. The highest BCUT2D eigenvalue weighted by atomic mass is 16.6. The van der Waals surface area contributed by atoms with Gasteiger partial charge in [-0.3, -0.25) is 9.48 Å². The Morgan fingerprint density at radius 1 is 1.30 bits per heavy atom. The molecule has 4 rings (SSSR count). The fourth-order valence-electron chi connectivity index (χ4n) is 3.52. The van der Waals surface area contributed by atoms with Crippen molar-refractivity contribution in [3.63, 3.8) is 0 Å². The van der Waals surface area contributed by atoms with Crippen LogP contribution in [0.3, 0.4) is 0 Å². The Morgan fingerprint density at radius 2 is 2.07 bits per heavy atom. The Kier molecular flexibility index (Phi) is 5.38. The molecule has 0 spiro atoms. The van der Waals surface area contributed by atoms with Gasteiger partial charge in [0, 0.05) is 36.8 Å². The van der Waals surface area contributed by atoms with Crippen molar-refractivity contribution in [1.82, 2.24) is 19.2 Å². The molecular formula is C22H28N4O4. The van der Waals surface area contributed by atoms with Crippen molar-refractivity contribution in [1.29, 1.82) is 0 Å². The maximum Gasteiger partial charge on any atom is 0.310 e. The highest BCUT2D eigenvalue weighted by molar-refractivity contribution is 5.76. The molecule has 0 amide bonds. The van der Waals surface area contributed by atoms with Crippen molar-refractivity contribution in [2.24, 2.45) is 0 Å². The molecule has 0 radical (unpaired) electrons. The Hall–Kier alpha value is -2.71. The zero-order valence-corrected chi connectivity index (χ0v) is 17.8. The third-order valence-electron chi connectivity index (χ3n) is 4.99. The van der Waals surface area contributed by atoms with E-state index in [1.54, 1.807) is 17.1 Å². The molecule has 1 unspecified atom stereocenters. The van der Waals surface area contributed by atoms with Crippen molar-refractivity contribution in [2.45, 2.75) is 64.4 Å². The summed E-state index contributed by atoms with van der Waals surface area (Å²) in [6.07, 6.45) is 8.91. The minimum atomic E-state index is -0.999. The van der Waals surface area contributed by atoms with Gasteiger partial charge in [0.1, 0.15) is 11.2 Å². The number of carbonyl (C=O) groups excluding carboxylic acids is 1. The van der Waals surface area contributed by atoms with Crippen LogP contribution in [0.1, 0.15) is 68.2 Å². The van der Waals surface area contributed by atoms with Crippen molar-refractivity contribution in [3.05, 3.63) is 53.2 Å². The molecule has 1 saturated carbocycles. The minimum absolute atomic E-state index is 0.184. The number of esters is 1. The number of pyridine rings is 1. The van der Waals surface area contributed by atoms with Crippen LogP contribution in [0.5, 0.6) is 0 Å². The molecule has 8 nitrogen and oxygen atoms in total. The lowest BCUT2D eigenvalue weighted by molar-refractivity contribution is -0.153. The van der Waals surface area contributed by atoms with Gasteiger partial charge in [0.15, 0.2) is 6.29 Å². The van der Waals surface area contributed by atoms with Crippen LogP contribution in [0, 0.1) is 0 Å². The van der Waals surface area contributed by atoms with E-state index in [4.69, 9.17) is 14.5 Å². The highest BCUT2D eigenvalue weighted by Gasteiger charge is 2.26. The number of hydrogen-bond acceptors (Lipinski definition) is 6. The van der Waals surface area contributed by atoms with Crippen molar-refractivity contribution in [2.75, 3.05) is 7.11 Å². The molecule has 3 aromatic rings. The van der Waals surface area contributed by atoms with Crippen molar-refractivity contribution < 1.29 is 19.4 Å². The van der Waals surface area contributed by atoms with E-state index in [1.165, 1.54) is 25.5 Å². The molecule has 1 aliphatic rings. The normalized spacial score (nSPS) is 15.5. The maximum atomic E-state index is 12.5. The standard InChI is InChI=1S/C22H28N4O4/c1-22(2,3)30-19(27)8-15-7-16(14-5-6-14)10-25-12-18(24-20(15)25)13-26-11-17(9-23-26)21(28)29-4/h7,9-12,14,21,28H,5-6,8,13H2,1-4H3. The van der Waals surface area contributed by atoms with E-state index in [-0.39, 0.29) is 12.4 Å². The van der Waals surface area contributed by atoms with E-state index < -0.39 is 11.9 Å². The van der Waals surface area contributed by atoms with E-state index in [9.17, 15) is 9.90 Å². The molecule has 0 saturated heterocycles. The number of carbonyl (C=O) groups is 1. The minimum Gasteiger partial charge on any atom is -0.460 e. The van der Waals surface area contributed by atoms with Gasteiger partial charge in [0.25, 0.3) is 0 Å². The summed E-state index contributed by atoms with van der Waals surface area (Å²) < 4.78 is 14.1. The Morgan fingerprint density at radius 3 is 2.73 bits per heavy atom. The van der Waals surface area contributed by atoms with Crippen LogP contribution in [-0.4, -0.2) is 43.0 Å². The van der Waals surface area contributed by atoms with Gasteiger partial charge in [-0.15, -0.1) is 0 Å². The number of hydrogen-bond donors (Lipinski definition) is 1. The molecular weight excluding hydrogens is 384 g/mol. The summed E-state index contributed by atoms with van der Waals surface area (Å²) in [5, 5.41) is 14.0. The lowest BCUT2D eigenvalue weighted by Gasteiger charge is -2.19. The number of rotatable bonds is 7. The van der Waals surface area contributed by atoms with Gasteiger partial charge in [0.2, 0.25) is 0 Å². The topological polar surface area (TPSA) is 90.9 Å². The number of methoxy groups -OCH3 is 1. The zero-order valence-electron chi connectivity index (χ0n) is 17.8. The molecule has 0 bridgehead atoms. The first-order valence-electron chi connectivity index (χ1n) is 10.2. The second-order valence-corrected chi connectivity index (χ2v) is 8.86. The molecule has 1 atom stereocenters. The lowest BCUT2D eigenvalue weighted by Crippen LogP contribution is -2.25. The fourth-order valence-corrected chi connectivity index (χ4v) is 3.52. The van der Waals surface area contributed by atoms with E-state index in [0.717, 1.165) is 16.9 Å². The van der Waals surface area contributed by atoms with Gasteiger partial charge in [0.05, 0.1) is 24.9 Å². The largest absolute Gasteiger partial charge is 0.460 e. The number of ether oxygens (including phenoxy) is 2. The van der Waals surface area contributed by atoms with Crippen LogP contribution in [-0.2, 0) is 27.2 Å². The Labute approximate surface area is 175 Å². The summed E-state index contributed by atoms with van der Waals surface area (Å²) >= 11 is 0. The highest BCUT2D eigenvalue weighted by Crippen LogP contribution is 2.40. The van der Waals surface area contributed by atoms with Gasteiger partial charge >= 0.3 is 5.97 Å². The van der Waals surface area contributed by atoms with Crippen molar-refractivity contribution in [3.8, 4) is 0 Å². The summed E-state index contributed by atoms with van der Waals surface area (Å²) in [7, 11) is 1.44. The summed E-state index contributed by atoms with van der Waals surface area (Å²) in [5.74, 6) is 0.300. The summed E-state index contributed by atoms with van der Waals surface area (Å²) in [6.45, 7) is 6.05. The average molecular weight is 412 g/mol.